The van der Waals surface area contributed by atoms with E-state index in [-0.39, 0.29) is 12.4 Å². The van der Waals surface area contributed by atoms with Crippen LogP contribution in [0, 0.1) is 0 Å². The Morgan fingerprint density at radius 3 is 2.68 bits per heavy atom. The van der Waals surface area contributed by atoms with Crippen molar-refractivity contribution >= 4 is 21.7 Å². The fourth-order valence-electron chi connectivity index (χ4n) is 1.49. The van der Waals surface area contributed by atoms with Gasteiger partial charge < -0.3 is 4.74 Å². The number of carbonyl (C=O) groups excluding carboxylic acids is 1. The van der Waals surface area contributed by atoms with Gasteiger partial charge in [0.1, 0.15) is 0 Å². The lowest BCUT2D eigenvalue weighted by atomic mass is 10.2. The summed E-state index contributed by atoms with van der Waals surface area (Å²) in [6, 6.07) is 6.28. The zero-order chi connectivity index (χ0) is 14.3. The Labute approximate surface area is 114 Å². The Kier molecular flexibility index (Phi) is 5.82. The van der Waals surface area contributed by atoms with Gasteiger partial charge in [0.15, 0.2) is 0 Å². The maximum absolute atomic E-state index is 11.7. The summed E-state index contributed by atoms with van der Waals surface area (Å²) in [4.78, 5) is 11.5. The zero-order valence-electron chi connectivity index (χ0n) is 11.2. The molecular weight excluding hydrogens is 266 g/mol. The molecule has 0 saturated heterocycles. The SMILES string of the molecule is CCCCS(=O)(=O)Nc1cccc(C(=O)OCC)c1. The number of ether oxygens (including phenoxy) is 1. The summed E-state index contributed by atoms with van der Waals surface area (Å²) in [5.41, 5.74) is 0.708. The smallest absolute Gasteiger partial charge is 0.338 e. The molecule has 0 aromatic heterocycles. The molecule has 0 bridgehead atoms. The molecule has 106 valence electrons. The van der Waals surface area contributed by atoms with Crippen LogP contribution in [0.15, 0.2) is 24.3 Å². The summed E-state index contributed by atoms with van der Waals surface area (Å²) >= 11 is 0. The van der Waals surface area contributed by atoms with Crippen molar-refractivity contribution in [1.29, 1.82) is 0 Å². The molecule has 0 aliphatic rings. The van der Waals surface area contributed by atoms with E-state index in [9.17, 15) is 13.2 Å². The van der Waals surface area contributed by atoms with Gasteiger partial charge in [-0.1, -0.05) is 19.4 Å². The van der Waals surface area contributed by atoms with Crippen LogP contribution in [-0.4, -0.2) is 26.7 Å². The molecule has 0 saturated carbocycles. The second kappa shape index (κ2) is 7.13. The number of anilines is 1. The molecule has 6 heteroatoms. The number of hydrogen-bond acceptors (Lipinski definition) is 4. The topological polar surface area (TPSA) is 72.5 Å². The maximum atomic E-state index is 11.7. The lowest BCUT2D eigenvalue weighted by Crippen LogP contribution is -2.17. The zero-order valence-corrected chi connectivity index (χ0v) is 12.0. The van der Waals surface area contributed by atoms with Gasteiger partial charge in [-0.05, 0) is 31.5 Å². The predicted octanol–water partition coefficient (Wildman–Crippen LogP) is 2.41. The highest BCUT2D eigenvalue weighted by atomic mass is 32.2. The van der Waals surface area contributed by atoms with E-state index in [2.05, 4.69) is 4.72 Å². The first kappa shape index (κ1) is 15.5. The maximum Gasteiger partial charge on any atom is 0.338 e. The number of unbranched alkanes of at least 4 members (excludes halogenated alkanes) is 1. The lowest BCUT2D eigenvalue weighted by molar-refractivity contribution is 0.0526. The molecular formula is C13H19NO4S. The predicted molar refractivity (Wildman–Crippen MR) is 74.7 cm³/mol. The number of benzene rings is 1. The van der Waals surface area contributed by atoms with E-state index in [1.807, 2.05) is 6.92 Å². The van der Waals surface area contributed by atoms with Gasteiger partial charge in [-0.2, -0.15) is 0 Å². The van der Waals surface area contributed by atoms with Crippen molar-refractivity contribution in [1.82, 2.24) is 0 Å². The summed E-state index contributed by atoms with van der Waals surface area (Å²) in [6.45, 7) is 3.93. The third kappa shape index (κ3) is 5.30. The number of hydrogen-bond donors (Lipinski definition) is 1. The molecule has 19 heavy (non-hydrogen) atoms. The van der Waals surface area contributed by atoms with Crippen LogP contribution in [-0.2, 0) is 14.8 Å². The summed E-state index contributed by atoms with van der Waals surface area (Å²) in [6.07, 6.45) is 1.41. The second-order valence-electron chi connectivity index (χ2n) is 4.08. The molecule has 0 aliphatic carbocycles. The Balaban J connectivity index is 2.80. The van der Waals surface area contributed by atoms with E-state index in [1.54, 1.807) is 25.1 Å². The Morgan fingerprint density at radius 1 is 1.32 bits per heavy atom. The van der Waals surface area contributed by atoms with Gasteiger partial charge in [-0.3, -0.25) is 4.72 Å². The monoisotopic (exact) mass is 285 g/mol. The van der Waals surface area contributed by atoms with Crippen LogP contribution in [0.1, 0.15) is 37.0 Å². The standard InChI is InChI=1S/C13H19NO4S/c1-3-5-9-19(16,17)14-12-8-6-7-11(10-12)13(15)18-4-2/h6-8,10,14H,3-5,9H2,1-2H3. The van der Waals surface area contributed by atoms with Gasteiger partial charge in [0.2, 0.25) is 10.0 Å². The summed E-state index contributed by atoms with van der Waals surface area (Å²) in [5.74, 6) is -0.384. The first-order valence-corrected chi connectivity index (χ1v) is 7.91. The van der Waals surface area contributed by atoms with Gasteiger partial charge in [0, 0.05) is 5.69 Å². The number of nitrogens with one attached hydrogen (secondary N) is 1. The van der Waals surface area contributed by atoms with E-state index in [1.165, 1.54) is 6.07 Å². The Hall–Kier alpha value is -1.56. The van der Waals surface area contributed by atoms with Crippen molar-refractivity contribution in [3.63, 3.8) is 0 Å². The highest BCUT2D eigenvalue weighted by Gasteiger charge is 2.12. The van der Waals surface area contributed by atoms with Crippen molar-refractivity contribution in [2.24, 2.45) is 0 Å². The van der Waals surface area contributed by atoms with Gasteiger partial charge >= 0.3 is 5.97 Å². The minimum Gasteiger partial charge on any atom is -0.462 e. The van der Waals surface area contributed by atoms with Gasteiger partial charge in [0.25, 0.3) is 0 Å². The van der Waals surface area contributed by atoms with Crippen molar-refractivity contribution in [2.75, 3.05) is 17.1 Å². The summed E-state index contributed by atoms with van der Waals surface area (Å²) < 4.78 is 30.8. The van der Waals surface area contributed by atoms with Crippen molar-refractivity contribution in [3.8, 4) is 0 Å². The molecule has 0 fully saturated rings. The molecule has 0 aliphatic heterocycles. The average molecular weight is 285 g/mol. The molecule has 0 spiro atoms. The fourth-order valence-corrected chi connectivity index (χ4v) is 2.75. The lowest BCUT2D eigenvalue weighted by Gasteiger charge is -2.08. The van der Waals surface area contributed by atoms with Crippen molar-refractivity contribution in [3.05, 3.63) is 29.8 Å². The van der Waals surface area contributed by atoms with Gasteiger partial charge in [-0.15, -0.1) is 0 Å². The fraction of sp³-hybridized carbons (Fsp3) is 0.462. The van der Waals surface area contributed by atoms with Crippen LogP contribution in [0.25, 0.3) is 0 Å². The first-order valence-electron chi connectivity index (χ1n) is 6.26. The van der Waals surface area contributed by atoms with Crippen LogP contribution in [0.4, 0.5) is 5.69 Å². The van der Waals surface area contributed by atoms with Crippen molar-refractivity contribution < 1.29 is 17.9 Å². The van der Waals surface area contributed by atoms with Gasteiger partial charge in [-0.25, -0.2) is 13.2 Å². The number of rotatable bonds is 7. The molecule has 1 aromatic rings. The molecule has 1 N–H and O–H groups in total. The van der Waals surface area contributed by atoms with E-state index < -0.39 is 16.0 Å². The first-order chi connectivity index (χ1) is 8.98. The van der Waals surface area contributed by atoms with E-state index in [0.29, 0.717) is 17.7 Å². The minimum absolute atomic E-state index is 0.0765. The summed E-state index contributed by atoms with van der Waals surface area (Å²) in [7, 11) is -3.35. The Bertz CT molecular complexity index is 525. The normalized spacial score (nSPS) is 11.1. The van der Waals surface area contributed by atoms with Crippen LogP contribution in [0.2, 0.25) is 0 Å². The third-order valence-electron chi connectivity index (χ3n) is 2.41. The Morgan fingerprint density at radius 2 is 2.05 bits per heavy atom. The molecule has 0 unspecified atom stereocenters. The number of carbonyl (C=O) groups is 1. The molecule has 0 radical (unpaired) electrons. The average Bonchev–Trinajstić information content (AvgIpc) is 2.36. The minimum atomic E-state index is -3.35. The highest BCUT2D eigenvalue weighted by molar-refractivity contribution is 7.92. The van der Waals surface area contributed by atoms with Crippen LogP contribution in [0.3, 0.4) is 0 Å². The molecule has 1 aromatic carbocycles. The van der Waals surface area contributed by atoms with Crippen LogP contribution >= 0.6 is 0 Å². The van der Waals surface area contributed by atoms with E-state index >= 15 is 0 Å². The molecule has 5 nitrogen and oxygen atoms in total. The van der Waals surface area contributed by atoms with E-state index in [4.69, 9.17) is 4.74 Å². The molecule has 1 rings (SSSR count). The van der Waals surface area contributed by atoms with E-state index in [0.717, 1.165) is 6.42 Å². The molecule has 0 amide bonds. The van der Waals surface area contributed by atoms with Gasteiger partial charge in [0.05, 0.1) is 17.9 Å². The second-order valence-corrected chi connectivity index (χ2v) is 5.92. The quantitative estimate of drug-likeness (QED) is 0.781. The summed E-state index contributed by atoms with van der Waals surface area (Å²) in [5, 5.41) is 0. The largest absolute Gasteiger partial charge is 0.462 e. The number of esters is 1. The number of sulfonamides is 1. The van der Waals surface area contributed by atoms with Crippen molar-refractivity contribution in [2.45, 2.75) is 26.7 Å². The molecule has 0 heterocycles. The van der Waals surface area contributed by atoms with Crippen LogP contribution < -0.4 is 4.72 Å². The van der Waals surface area contributed by atoms with Crippen LogP contribution in [0.5, 0.6) is 0 Å². The third-order valence-corrected chi connectivity index (χ3v) is 3.79. The highest BCUT2D eigenvalue weighted by Crippen LogP contribution is 2.14. The molecule has 0 atom stereocenters.